The largest absolute Gasteiger partial charge is 0.486 e. The number of amides is 1. The van der Waals surface area contributed by atoms with E-state index in [1.54, 1.807) is 18.2 Å². The Kier molecular flexibility index (Phi) is 7.11. The van der Waals surface area contributed by atoms with Crippen LogP contribution in [0.4, 0.5) is 0 Å². The van der Waals surface area contributed by atoms with Gasteiger partial charge in [-0.2, -0.15) is 0 Å². The van der Waals surface area contributed by atoms with E-state index in [-0.39, 0.29) is 24.0 Å². The van der Waals surface area contributed by atoms with Crippen molar-refractivity contribution in [1.29, 1.82) is 0 Å². The van der Waals surface area contributed by atoms with Gasteiger partial charge in [0.15, 0.2) is 23.9 Å². The zero-order valence-corrected chi connectivity index (χ0v) is 19.2. The van der Waals surface area contributed by atoms with Crippen LogP contribution in [0.15, 0.2) is 60.7 Å². The molecule has 1 atom stereocenters. The number of benzene rings is 3. The minimum absolute atomic E-state index is 0.133. The van der Waals surface area contributed by atoms with Gasteiger partial charge in [-0.15, -0.1) is 0 Å². The molecule has 1 N–H and O–H groups in total. The minimum atomic E-state index is -0.865. The van der Waals surface area contributed by atoms with Crippen LogP contribution in [0.2, 0.25) is 0 Å². The summed E-state index contributed by atoms with van der Waals surface area (Å²) in [5.41, 5.74) is 1.23. The fraction of sp³-hybridized carbons (Fsp3) is 0.296. The monoisotopic (exact) mass is 461 g/mol. The molecule has 0 saturated carbocycles. The number of carbonyl (C=O) groups is 3. The average molecular weight is 462 g/mol. The smallest absolute Gasteiger partial charge is 0.329 e. The van der Waals surface area contributed by atoms with E-state index in [4.69, 9.17) is 14.2 Å². The average Bonchev–Trinajstić information content (AvgIpc) is 2.85. The van der Waals surface area contributed by atoms with Gasteiger partial charge >= 0.3 is 5.97 Å². The maximum atomic E-state index is 12.8. The van der Waals surface area contributed by atoms with Crippen molar-refractivity contribution < 1.29 is 28.6 Å². The maximum Gasteiger partial charge on any atom is 0.329 e. The molecule has 1 heterocycles. The number of carbonyl (C=O) groups excluding carboxylic acids is 3. The van der Waals surface area contributed by atoms with Gasteiger partial charge in [-0.05, 0) is 40.5 Å². The molecule has 0 saturated heterocycles. The lowest BCUT2D eigenvalue weighted by molar-refractivity contribution is -0.148. The molecule has 1 amide bonds. The first-order valence-corrected chi connectivity index (χ1v) is 11.3. The van der Waals surface area contributed by atoms with Crippen molar-refractivity contribution in [2.75, 3.05) is 19.8 Å². The van der Waals surface area contributed by atoms with E-state index in [1.165, 1.54) is 0 Å². The van der Waals surface area contributed by atoms with Crippen molar-refractivity contribution in [3.05, 3.63) is 71.8 Å². The molecule has 0 spiro atoms. The number of hydrogen-bond acceptors (Lipinski definition) is 6. The molecule has 1 aliphatic heterocycles. The van der Waals surface area contributed by atoms with Gasteiger partial charge in [-0.25, -0.2) is 4.79 Å². The summed E-state index contributed by atoms with van der Waals surface area (Å²) in [6, 6.07) is 17.6. The third-order valence-corrected chi connectivity index (χ3v) is 5.68. The predicted octanol–water partition coefficient (Wildman–Crippen LogP) is 3.72. The number of ketones is 1. The van der Waals surface area contributed by atoms with Gasteiger partial charge in [0, 0.05) is 5.56 Å². The first kappa shape index (κ1) is 23.3. The lowest BCUT2D eigenvalue weighted by atomic mass is 10.0. The minimum Gasteiger partial charge on any atom is -0.486 e. The summed E-state index contributed by atoms with van der Waals surface area (Å²) in [6.07, 6.45) is 0.133. The van der Waals surface area contributed by atoms with Crippen molar-refractivity contribution in [2.45, 2.75) is 26.3 Å². The number of Topliss-reactive ketones (excluding diaryl/α,β-unsaturated/α-hetero) is 1. The third kappa shape index (κ3) is 5.36. The van der Waals surface area contributed by atoms with Crippen LogP contribution in [-0.2, 0) is 20.7 Å². The SMILES string of the molecule is CC(C)[C@H](NC(=O)Cc1cccc2ccccc12)C(=O)OCC(=O)c1ccc2c(c1)OCCO2. The van der Waals surface area contributed by atoms with E-state index in [0.29, 0.717) is 30.3 Å². The molecule has 0 aliphatic carbocycles. The zero-order valence-electron chi connectivity index (χ0n) is 19.2. The van der Waals surface area contributed by atoms with Gasteiger partial charge < -0.3 is 19.5 Å². The van der Waals surface area contributed by atoms with Crippen LogP contribution in [0.25, 0.3) is 10.8 Å². The summed E-state index contributed by atoms with van der Waals surface area (Å²) in [6.45, 7) is 4.06. The van der Waals surface area contributed by atoms with Gasteiger partial charge in [-0.1, -0.05) is 56.3 Å². The van der Waals surface area contributed by atoms with Gasteiger partial charge in [-0.3, -0.25) is 9.59 Å². The predicted molar refractivity (Wildman–Crippen MR) is 127 cm³/mol. The van der Waals surface area contributed by atoms with Crippen LogP contribution in [0.1, 0.15) is 29.8 Å². The molecule has 176 valence electrons. The van der Waals surface area contributed by atoms with E-state index in [2.05, 4.69) is 5.32 Å². The van der Waals surface area contributed by atoms with Gasteiger partial charge in [0.25, 0.3) is 0 Å². The number of hydrogen-bond donors (Lipinski definition) is 1. The summed E-state index contributed by atoms with van der Waals surface area (Å²) in [7, 11) is 0. The molecule has 7 nitrogen and oxygen atoms in total. The molecule has 34 heavy (non-hydrogen) atoms. The summed E-state index contributed by atoms with van der Waals surface area (Å²) < 4.78 is 16.2. The molecule has 3 aromatic carbocycles. The number of esters is 1. The Morgan fingerprint density at radius 2 is 1.68 bits per heavy atom. The van der Waals surface area contributed by atoms with E-state index in [9.17, 15) is 14.4 Å². The Balaban J connectivity index is 1.36. The quantitative estimate of drug-likeness (QED) is 0.406. The van der Waals surface area contributed by atoms with Crippen molar-refractivity contribution in [2.24, 2.45) is 5.92 Å². The van der Waals surface area contributed by atoms with Crippen LogP contribution in [0, 0.1) is 5.92 Å². The van der Waals surface area contributed by atoms with Crippen LogP contribution < -0.4 is 14.8 Å². The highest BCUT2D eigenvalue weighted by atomic mass is 16.6. The lowest BCUT2D eigenvalue weighted by Crippen LogP contribution is -2.46. The fourth-order valence-electron chi connectivity index (χ4n) is 3.87. The highest BCUT2D eigenvalue weighted by Crippen LogP contribution is 2.30. The normalized spacial score (nSPS) is 13.4. The Bertz CT molecular complexity index is 1210. The standard InChI is InChI=1S/C27H27NO6/c1-17(2)26(28-25(30)15-19-8-5-7-18-6-3-4-9-21(18)19)27(31)34-16-22(29)20-10-11-23-24(14-20)33-13-12-32-23/h3-11,14,17,26H,12-13,15-16H2,1-2H3,(H,28,30)/t26-/m0/s1. The first-order valence-electron chi connectivity index (χ1n) is 11.3. The van der Waals surface area contributed by atoms with Gasteiger partial charge in [0.1, 0.15) is 19.3 Å². The molecular weight excluding hydrogens is 434 g/mol. The zero-order chi connectivity index (χ0) is 24.1. The summed E-state index contributed by atoms with van der Waals surface area (Å²) in [5.74, 6) is -0.446. The Labute approximate surface area is 198 Å². The first-order chi connectivity index (χ1) is 16.4. The maximum absolute atomic E-state index is 12.8. The molecule has 7 heteroatoms. The van der Waals surface area contributed by atoms with E-state index < -0.39 is 18.6 Å². The summed E-state index contributed by atoms with van der Waals surface area (Å²) in [4.78, 5) is 38.0. The third-order valence-electron chi connectivity index (χ3n) is 5.68. The van der Waals surface area contributed by atoms with Crippen LogP contribution in [0.5, 0.6) is 11.5 Å². The molecule has 0 radical (unpaired) electrons. The van der Waals surface area contributed by atoms with Crippen molar-refractivity contribution in [3.8, 4) is 11.5 Å². The highest BCUT2D eigenvalue weighted by molar-refractivity contribution is 5.99. The van der Waals surface area contributed by atoms with Crippen LogP contribution in [0.3, 0.4) is 0 Å². The summed E-state index contributed by atoms with van der Waals surface area (Å²) in [5, 5.41) is 4.81. The number of nitrogens with one attached hydrogen (secondary N) is 1. The van der Waals surface area contributed by atoms with Crippen LogP contribution in [-0.4, -0.2) is 43.5 Å². The second-order valence-electron chi connectivity index (χ2n) is 8.49. The number of fused-ring (bicyclic) bond motifs is 2. The van der Waals surface area contributed by atoms with E-state index in [0.717, 1.165) is 16.3 Å². The van der Waals surface area contributed by atoms with Gasteiger partial charge in [0.05, 0.1) is 6.42 Å². The molecular formula is C27H27NO6. The molecule has 4 rings (SSSR count). The van der Waals surface area contributed by atoms with E-state index >= 15 is 0 Å². The number of ether oxygens (including phenoxy) is 3. The second-order valence-corrected chi connectivity index (χ2v) is 8.49. The Morgan fingerprint density at radius 3 is 2.47 bits per heavy atom. The van der Waals surface area contributed by atoms with E-state index in [1.807, 2.05) is 56.3 Å². The Hall–Kier alpha value is -3.87. The lowest BCUT2D eigenvalue weighted by Gasteiger charge is -2.21. The van der Waals surface area contributed by atoms with Crippen molar-refractivity contribution in [3.63, 3.8) is 0 Å². The topological polar surface area (TPSA) is 90.9 Å². The van der Waals surface area contributed by atoms with Crippen LogP contribution >= 0.6 is 0 Å². The molecule has 0 bridgehead atoms. The molecule has 0 aromatic heterocycles. The highest BCUT2D eigenvalue weighted by Gasteiger charge is 2.27. The molecule has 0 unspecified atom stereocenters. The fourth-order valence-corrected chi connectivity index (χ4v) is 3.87. The van der Waals surface area contributed by atoms with Crippen molar-refractivity contribution in [1.82, 2.24) is 5.32 Å². The second kappa shape index (κ2) is 10.4. The van der Waals surface area contributed by atoms with Crippen molar-refractivity contribution >= 4 is 28.4 Å². The summed E-state index contributed by atoms with van der Waals surface area (Å²) >= 11 is 0. The molecule has 3 aromatic rings. The molecule has 0 fully saturated rings. The Morgan fingerprint density at radius 1 is 0.941 bits per heavy atom. The van der Waals surface area contributed by atoms with Gasteiger partial charge in [0.2, 0.25) is 5.91 Å². The molecule has 1 aliphatic rings. The number of rotatable bonds is 8.